The van der Waals surface area contributed by atoms with Gasteiger partial charge in [-0.15, -0.1) is 0 Å². The Kier molecular flexibility index (Phi) is 4.97. The Morgan fingerprint density at radius 3 is 2.35 bits per heavy atom. The van der Waals surface area contributed by atoms with Gasteiger partial charge in [0.25, 0.3) is 0 Å². The van der Waals surface area contributed by atoms with Crippen LogP contribution in [0, 0.1) is 5.41 Å². The molecule has 0 radical (unpaired) electrons. The van der Waals surface area contributed by atoms with Crippen LogP contribution in [0.4, 0.5) is 5.69 Å². The monoisotopic (exact) mass is 235 g/mol. The lowest BCUT2D eigenvalue weighted by Crippen LogP contribution is -2.32. The number of nitrogen functional groups attached to an aromatic ring is 1. The van der Waals surface area contributed by atoms with Gasteiger partial charge in [0, 0.05) is 30.4 Å². The molecule has 1 rings (SSSR count). The molecule has 0 atom stereocenters. The Bertz CT molecular complexity index is 359. The summed E-state index contributed by atoms with van der Waals surface area (Å²) in [5.41, 5.74) is 7.25. The van der Waals surface area contributed by atoms with Crippen molar-refractivity contribution in [2.45, 2.75) is 26.3 Å². The van der Waals surface area contributed by atoms with Crippen molar-refractivity contribution in [1.29, 1.82) is 5.41 Å². The SMILES string of the molecule is CC(C)N(CCCO)c1ccc(C(=N)N)cc1. The Morgan fingerprint density at radius 1 is 1.35 bits per heavy atom. The molecule has 1 aromatic carbocycles. The van der Waals surface area contributed by atoms with Crippen LogP contribution in [-0.4, -0.2) is 30.1 Å². The molecule has 0 aromatic heterocycles. The first-order chi connectivity index (χ1) is 8.06. The first-order valence-electron chi connectivity index (χ1n) is 5.88. The smallest absolute Gasteiger partial charge is 0.122 e. The number of hydrogen-bond donors (Lipinski definition) is 3. The van der Waals surface area contributed by atoms with E-state index in [4.69, 9.17) is 16.2 Å². The second-order valence-corrected chi connectivity index (χ2v) is 4.32. The van der Waals surface area contributed by atoms with E-state index in [2.05, 4.69) is 18.7 Å². The minimum atomic E-state index is 0.0861. The fourth-order valence-electron chi connectivity index (χ4n) is 1.76. The number of rotatable bonds is 6. The van der Waals surface area contributed by atoms with E-state index < -0.39 is 0 Å². The molecule has 0 saturated heterocycles. The third kappa shape index (κ3) is 3.75. The second kappa shape index (κ2) is 6.25. The molecule has 0 fully saturated rings. The minimum Gasteiger partial charge on any atom is -0.396 e. The van der Waals surface area contributed by atoms with E-state index in [0.29, 0.717) is 6.04 Å². The number of aliphatic hydroxyl groups excluding tert-OH is 1. The first-order valence-corrected chi connectivity index (χ1v) is 5.88. The summed E-state index contributed by atoms with van der Waals surface area (Å²) in [6, 6.07) is 8.02. The number of hydrogen-bond acceptors (Lipinski definition) is 3. The van der Waals surface area contributed by atoms with Gasteiger partial charge < -0.3 is 15.7 Å². The van der Waals surface area contributed by atoms with Crippen LogP contribution >= 0.6 is 0 Å². The van der Waals surface area contributed by atoms with Gasteiger partial charge in [-0.3, -0.25) is 5.41 Å². The number of nitrogens with two attached hydrogens (primary N) is 1. The summed E-state index contributed by atoms with van der Waals surface area (Å²) < 4.78 is 0. The van der Waals surface area contributed by atoms with Crippen molar-refractivity contribution < 1.29 is 5.11 Å². The van der Waals surface area contributed by atoms with E-state index in [1.165, 1.54) is 0 Å². The molecule has 0 saturated carbocycles. The zero-order valence-electron chi connectivity index (χ0n) is 10.5. The third-order valence-corrected chi connectivity index (χ3v) is 2.69. The summed E-state index contributed by atoms with van der Waals surface area (Å²) in [4.78, 5) is 2.22. The molecule has 0 aliphatic rings. The summed E-state index contributed by atoms with van der Waals surface area (Å²) in [5, 5.41) is 16.2. The van der Waals surface area contributed by atoms with Crippen molar-refractivity contribution >= 4 is 11.5 Å². The maximum absolute atomic E-state index is 8.89. The number of amidine groups is 1. The molecular weight excluding hydrogens is 214 g/mol. The van der Waals surface area contributed by atoms with E-state index in [9.17, 15) is 0 Å². The Morgan fingerprint density at radius 2 is 1.94 bits per heavy atom. The average molecular weight is 235 g/mol. The largest absolute Gasteiger partial charge is 0.396 e. The summed E-state index contributed by atoms with van der Waals surface area (Å²) in [5.74, 6) is 0.0861. The van der Waals surface area contributed by atoms with Crippen LogP contribution in [0.3, 0.4) is 0 Å². The highest BCUT2D eigenvalue weighted by Crippen LogP contribution is 2.18. The zero-order valence-corrected chi connectivity index (χ0v) is 10.5. The molecule has 0 aliphatic carbocycles. The molecule has 4 nitrogen and oxygen atoms in total. The van der Waals surface area contributed by atoms with E-state index in [-0.39, 0.29) is 12.4 Å². The van der Waals surface area contributed by atoms with Crippen LogP contribution in [0.2, 0.25) is 0 Å². The molecule has 0 heterocycles. The molecule has 0 spiro atoms. The molecule has 17 heavy (non-hydrogen) atoms. The highest BCUT2D eigenvalue weighted by Gasteiger charge is 2.10. The normalized spacial score (nSPS) is 10.6. The van der Waals surface area contributed by atoms with Crippen molar-refractivity contribution in [2.75, 3.05) is 18.1 Å². The van der Waals surface area contributed by atoms with Gasteiger partial charge in [0.1, 0.15) is 5.84 Å². The number of nitrogens with one attached hydrogen (secondary N) is 1. The minimum absolute atomic E-state index is 0.0861. The van der Waals surface area contributed by atoms with Crippen molar-refractivity contribution in [2.24, 2.45) is 5.73 Å². The van der Waals surface area contributed by atoms with E-state index in [1.807, 2.05) is 24.3 Å². The van der Waals surface area contributed by atoms with Crippen molar-refractivity contribution in [3.8, 4) is 0 Å². The Labute approximate surface area is 103 Å². The topological polar surface area (TPSA) is 73.3 Å². The van der Waals surface area contributed by atoms with Crippen LogP contribution in [0.1, 0.15) is 25.8 Å². The van der Waals surface area contributed by atoms with E-state index >= 15 is 0 Å². The Balaban J connectivity index is 2.83. The number of anilines is 1. The molecule has 0 bridgehead atoms. The predicted molar refractivity (Wildman–Crippen MR) is 71.6 cm³/mol. The van der Waals surface area contributed by atoms with Crippen molar-refractivity contribution in [3.63, 3.8) is 0 Å². The standard InChI is InChI=1S/C13H21N3O/c1-10(2)16(8-3-9-17)12-6-4-11(5-7-12)13(14)15/h4-7,10,17H,3,8-9H2,1-2H3,(H3,14,15). The fraction of sp³-hybridized carbons (Fsp3) is 0.462. The molecule has 4 N–H and O–H groups in total. The van der Waals surface area contributed by atoms with Crippen LogP contribution < -0.4 is 10.6 Å². The number of nitrogens with zero attached hydrogens (tertiary/aromatic N) is 1. The van der Waals surface area contributed by atoms with Crippen molar-refractivity contribution in [3.05, 3.63) is 29.8 Å². The summed E-state index contributed by atoms with van der Waals surface area (Å²) in [6.45, 7) is 5.27. The number of aliphatic hydroxyl groups is 1. The zero-order chi connectivity index (χ0) is 12.8. The lowest BCUT2D eigenvalue weighted by molar-refractivity contribution is 0.288. The summed E-state index contributed by atoms with van der Waals surface area (Å²) in [6.07, 6.45) is 0.757. The van der Waals surface area contributed by atoms with Gasteiger partial charge in [-0.1, -0.05) is 0 Å². The van der Waals surface area contributed by atoms with Gasteiger partial charge in [-0.25, -0.2) is 0 Å². The second-order valence-electron chi connectivity index (χ2n) is 4.32. The lowest BCUT2D eigenvalue weighted by Gasteiger charge is -2.29. The molecular formula is C13H21N3O. The van der Waals surface area contributed by atoms with Gasteiger partial charge >= 0.3 is 0 Å². The van der Waals surface area contributed by atoms with Crippen LogP contribution in [0.25, 0.3) is 0 Å². The highest BCUT2D eigenvalue weighted by molar-refractivity contribution is 5.95. The molecule has 0 aliphatic heterocycles. The lowest BCUT2D eigenvalue weighted by atomic mass is 10.1. The van der Waals surface area contributed by atoms with Crippen LogP contribution in [-0.2, 0) is 0 Å². The van der Waals surface area contributed by atoms with Gasteiger partial charge in [-0.05, 0) is 44.5 Å². The van der Waals surface area contributed by atoms with Crippen LogP contribution in [0.15, 0.2) is 24.3 Å². The maximum Gasteiger partial charge on any atom is 0.122 e. The molecule has 0 amide bonds. The van der Waals surface area contributed by atoms with E-state index in [1.54, 1.807) is 0 Å². The highest BCUT2D eigenvalue weighted by atomic mass is 16.3. The molecule has 1 aromatic rings. The van der Waals surface area contributed by atoms with Gasteiger partial charge in [-0.2, -0.15) is 0 Å². The Hall–Kier alpha value is -1.55. The maximum atomic E-state index is 8.89. The number of benzene rings is 1. The van der Waals surface area contributed by atoms with Crippen LogP contribution in [0.5, 0.6) is 0 Å². The first kappa shape index (κ1) is 13.5. The summed E-state index contributed by atoms with van der Waals surface area (Å²) in [7, 11) is 0. The molecule has 94 valence electrons. The average Bonchev–Trinajstić information content (AvgIpc) is 2.29. The predicted octanol–water partition coefficient (Wildman–Crippen LogP) is 1.57. The summed E-state index contributed by atoms with van der Waals surface area (Å²) >= 11 is 0. The third-order valence-electron chi connectivity index (χ3n) is 2.69. The quantitative estimate of drug-likeness (QED) is 0.517. The molecule has 0 unspecified atom stereocenters. The van der Waals surface area contributed by atoms with E-state index in [0.717, 1.165) is 24.2 Å². The molecule has 4 heteroatoms. The fourth-order valence-corrected chi connectivity index (χ4v) is 1.76. The van der Waals surface area contributed by atoms with Crippen molar-refractivity contribution in [1.82, 2.24) is 0 Å². The van der Waals surface area contributed by atoms with Gasteiger partial charge in [0.05, 0.1) is 0 Å². The van der Waals surface area contributed by atoms with Gasteiger partial charge in [0.2, 0.25) is 0 Å². The van der Waals surface area contributed by atoms with Gasteiger partial charge in [0.15, 0.2) is 0 Å².